The normalized spacial score (nSPS) is 10.0. The van der Waals surface area contributed by atoms with Gasteiger partial charge in [0.1, 0.15) is 5.75 Å². The molecular formula is C10H16N2O. The van der Waals surface area contributed by atoms with Crippen LogP contribution in [0.15, 0.2) is 18.2 Å². The summed E-state index contributed by atoms with van der Waals surface area (Å²) in [7, 11) is 0. The number of nitrogens with two attached hydrogens (primary N) is 2. The fraction of sp³-hybridized carbons (Fsp3) is 0.400. The third-order valence-corrected chi connectivity index (χ3v) is 1.80. The van der Waals surface area contributed by atoms with E-state index in [-0.39, 0.29) is 0 Å². The molecule has 0 saturated carbocycles. The number of rotatable bonds is 4. The second kappa shape index (κ2) is 4.72. The van der Waals surface area contributed by atoms with Crippen LogP contribution in [0.1, 0.15) is 12.5 Å². The molecule has 0 radical (unpaired) electrons. The van der Waals surface area contributed by atoms with E-state index in [1.54, 1.807) is 0 Å². The van der Waals surface area contributed by atoms with Gasteiger partial charge in [-0.25, -0.2) is 0 Å². The van der Waals surface area contributed by atoms with Crippen LogP contribution in [0.2, 0.25) is 0 Å². The fourth-order valence-corrected chi connectivity index (χ4v) is 1.25. The van der Waals surface area contributed by atoms with Crippen molar-refractivity contribution in [3.8, 4) is 5.75 Å². The molecule has 0 bridgehead atoms. The number of ether oxygens (including phenoxy) is 1. The second-order valence-electron chi connectivity index (χ2n) is 2.84. The summed E-state index contributed by atoms with van der Waals surface area (Å²) in [5.41, 5.74) is 13.0. The van der Waals surface area contributed by atoms with E-state index in [0.717, 1.165) is 23.4 Å². The van der Waals surface area contributed by atoms with E-state index in [0.29, 0.717) is 13.2 Å². The predicted octanol–water partition coefficient (Wildman–Crippen LogP) is 1.17. The highest BCUT2D eigenvalue weighted by molar-refractivity contribution is 5.48. The summed E-state index contributed by atoms with van der Waals surface area (Å²) >= 11 is 0. The topological polar surface area (TPSA) is 61.3 Å². The van der Waals surface area contributed by atoms with Crippen LogP contribution in [0.25, 0.3) is 0 Å². The maximum Gasteiger partial charge on any atom is 0.122 e. The SMILES string of the molecule is CCOc1ccc(N)cc1CCN. The Kier molecular flexibility index (Phi) is 3.58. The highest BCUT2D eigenvalue weighted by Gasteiger charge is 2.02. The lowest BCUT2D eigenvalue weighted by Gasteiger charge is -2.09. The molecule has 0 aromatic heterocycles. The Morgan fingerprint density at radius 3 is 2.77 bits per heavy atom. The first-order chi connectivity index (χ1) is 6.27. The Morgan fingerprint density at radius 1 is 1.38 bits per heavy atom. The van der Waals surface area contributed by atoms with Crippen LogP contribution in [-0.2, 0) is 6.42 Å². The zero-order valence-electron chi connectivity index (χ0n) is 7.92. The van der Waals surface area contributed by atoms with Crippen LogP contribution >= 0.6 is 0 Å². The average Bonchev–Trinajstić information content (AvgIpc) is 2.10. The lowest BCUT2D eigenvalue weighted by atomic mass is 10.1. The molecule has 72 valence electrons. The highest BCUT2D eigenvalue weighted by atomic mass is 16.5. The smallest absolute Gasteiger partial charge is 0.122 e. The molecule has 0 spiro atoms. The van der Waals surface area contributed by atoms with Crippen molar-refractivity contribution in [2.24, 2.45) is 5.73 Å². The minimum Gasteiger partial charge on any atom is -0.494 e. The van der Waals surface area contributed by atoms with Crippen LogP contribution < -0.4 is 16.2 Å². The molecule has 0 fully saturated rings. The van der Waals surface area contributed by atoms with Crippen molar-refractivity contribution in [2.45, 2.75) is 13.3 Å². The van der Waals surface area contributed by atoms with Gasteiger partial charge in [-0.2, -0.15) is 0 Å². The van der Waals surface area contributed by atoms with Gasteiger partial charge in [-0.05, 0) is 43.7 Å². The summed E-state index contributed by atoms with van der Waals surface area (Å²) in [4.78, 5) is 0. The number of hydrogen-bond donors (Lipinski definition) is 2. The molecule has 3 nitrogen and oxygen atoms in total. The Labute approximate surface area is 78.7 Å². The van der Waals surface area contributed by atoms with Crippen molar-refractivity contribution < 1.29 is 4.74 Å². The first-order valence-electron chi connectivity index (χ1n) is 4.49. The van der Waals surface area contributed by atoms with Crippen LogP contribution in [0.4, 0.5) is 5.69 Å². The molecule has 0 amide bonds. The molecule has 0 atom stereocenters. The van der Waals surface area contributed by atoms with E-state index in [1.165, 1.54) is 0 Å². The lowest BCUT2D eigenvalue weighted by molar-refractivity contribution is 0.336. The van der Waals surface area contributed by atoms with E-state index >= 15 is 0 Å². The first-order valence-corrected chi connectivity index (χ1v) is 4.49. The van der Waals surface area contributed by atoms with Gasteiger partial charge in [0.05, 0.1) is 6.61 Å². The molecule has 3 heteroatoms. The minimum atomic E-state index is 0.615. The molecule has 1 aromatic carbocycles. The number of benzene rings is 1. The molecule has 4 N–H and O–H groups in total. The fourth-order valence-electron chi connectivity index (χ4n) is 1.25. The van der Waals surface area contributed by atoms with Gasteiger partial charge in [0.2, 0.25) is 0 Å². The standard InChI is InChI=1S/C10H16N2O/c1-2-13-10-4-3-9(12)7-8(10)5-6-11/h3-4,7H,2,5-6,11-12H2,1H3. The maximum absolute atomic E-state index is 5.66. The minimum absolute atomic E-state index is 0.615. The number of anilines is 1. The van der Waals surface area contributed by atoms with Gasteiger partial charge in [-0.1, -0.05) is 0 Å². The monoisotopic (exact) mass is 180 g/mol. The molecule has 0 aliphatic heterocycles. The van der Waals surface area contributed by atoms with Crippen LogP contribution in [0.3, 0.4) is 0 Å². The van der Waals surface area contributed by atoms with Gasteiger partial charge in [-0.3, -0.25) is 0 Å². The Hall–Kier alpha value is -1.22. The van der Waals surface area contributed by atoms with Gasteiger partial charge in [0.25, 0.3) is 0 Å². The summed E-state index contributed by atoms with van der Waals surface area (Å²) in [6.07, 6.45) is 0.806. The molecule has 0 aliphatic rings. The Bertz CT molecular complexity index is 274. The van der Waals surface area contributed by atoms with Crippen molar-refractivity contribution in [3.63, 3.8) is 0 Å². The zero-order valence-corrected chi connectivity index (χ0v) is 7.92. The summed E-state index contributed by atoms with van der Waals surface area (Å²) < 4.78 is 5.43. The maximum atomic E-state index is 5.66. The van der Waals surface area contributed by atoms with E-state index in [1.807, 2.05) is 25.1 Å². The molecule has 1 rings (SSSR count). The average molecular weight is 180 g/mol. The summed E-state index contributed by atoms with van der Waals surface area (Å²) in [6, 6.07) is 5.65. The van der Waals surface area contributed by atoms with Crippen molar-refractivity contribution in [3.05, 3.63) is 23.8 Å². The Morgan fingerprint density at radius 2 is 2.15 bits per heavy atom. The van der Waals surface area contributed by atoms with Crippen LogP contribution in [0.5, 0.6) is 5.75 Å². The molecule has 0 saturated heterocycles. The summed E-state index contributed by atoms with van der Waals surface area (Å²) in [6.45, 7) is 3.24. The number of nitrogen functional groups attached to an aromatic ring is 1. The van der Waals surface area contributed by atoms with Crippen molar-refractivity contribution >= 4 is 5.69 Å². The second-order valence-corrected chi connectivity index (χ2v) is 2.84. The molecule has 13 heavy (non-hydrogen) atoms. The molecule has 0 unspecified atom stereocenters. The van der Waals surface area contributed by atoms with E-state index in [9.17, 15) is 0 Å². The van der Waals surface area contributed by atoms with Crippen LogP contribution in [0, 0.1) is 0 Å². The van der Waals surface area contributed by atoms with Crippen LogP contribution in [-0.4, -0.2) is 13.2 Å². The third kappa shape index (κ3) is 2.63. The first kappa shape index (κ1) is 9.86. The zero-order chi connectivity index (χ0) is 9.68. The summed E-state index contributed by atoms with van der Waals surface area (Å²) in [5.74, 6) is 0.891. The largest absolute Gasteiger partial charge is 0.494 e. The summed E-state index contributed by atoms with van der Waals surface area (Å²) in [5, 5.41) is 0. The molecule has 0 aliphatic carbocycles. The van der Waals surface area contributed by atoms with Gasteiger partial charge in [0.15, 0.2) is 0 Å². The van der Waals surface area contributed by atoms with Gasteiger partial charge < -0.3 is 16.2 Å². The quantitative estimate of drug-likeness (QED) is 0.684. The third-order valence-electron chi connectivity index (χ3n) is 1.80. The van der Waals surface area contributed by atoms with Crippen molar-refractivity contribution in [1.29, 1.82) is 0 Å². The molecular weight excluding hydrogens is 164 g/mol. The predicted molar refractivity (Wildman–Crippen MR) is 54.8 cm³/mol. The van der Waals surface area contributed by atoms with Gasteiger partial charge in [0, 0.05) is 5.69 Å². The van der Waals surface area contributed by atoms with E-state index < -0.39 is 0 Å². The molecule has 1 aromatic rings. The molecule has 0 heterocycles. The number of hydrogen-bond acceptors (Lipinski definition) is 3. The van der Waals surface area contributed by atoms with Gasteiger partial charge >= 0.3 is 0 Å². The van der Waals surface area contributed by atoms with E-state index in [4.69, 9.17) is 16.2 Å². The highest BCUT2D eigenvalue weighted by Crippen LogP contribution is 2.21. The van der Waals surface area contributed by atoms with E-state index in [2.05, 4.69) is 0 Å². The lowest BCUT2D eigenvalue weighted by Crippen LogP contribution is -2.05. The Balaban J connectivity index is 2.89. The van der Waals surface area contributed by atoms with Crippen molar-refractivity contribution in [2.75, 3.05) is 18.9 Å². The van der Waals surface area contributed by atoms with Crippen molar-refractivity contribution in [1.82, 2.24) is 0 Å². The van der Waals surface area contributed by atoms with Gasteiger partial charge in [-0.15, -0.1) is 0 Å².